The Labute approximate surface area is 170 Å². The van der Waals surface area contributed by atoms with Gasteiger partial charge in [0.1, 0.15) is 6.04 Å². The molecule has 1 aromatic rings. The van der Waals surface area contributed by atoms with Crippen molar-refractivity contribution in [2.24, 2.45) is 0 Å². The monoisotopic (exact) mass is 392 g/mol. The van der Waals surface area contributed by atoms with E-state index in [0.717, 1.165) is 23.1 Å². The fraction of sp³-hybridized carbons (Fsp3) is 0.261. The van der Waals surface area contributed by atoms with E-state index in [1.54, 1.807) is 0 Å². The lowest BCUT2D eigenvalue weighted by Crippen LogP contribution is -2.46. The van der Waals surface area contributed by atoms with Crippen LogP contribution < -0.4 is 10.6 Å². The molecule has 150 valence electrons. The van der Waals surface area contributed by atoms with Crippen molar-refractivity contribution in [2.45, 2.75) is 25.8 Å². The topological polar surface area (TPSA) is 84.5 Å². The minimum Gasteiger partial charge on any atom is -0.467 e. The van der Waals surface area contributed by atoms with E-state index in [2.05, 4.69) is 34.6 Å². The van der Waals surface area contributed by atoms with Crippen molar-refractivity contribution in [1.29, 1.82) is 0 Å². The number of benzene rings is 1. The smallest absolute Gasteiger partial charge is 0.328 e. The van der Waals surface area contributed by atoms with Crippen LogP contribution in [0.3, 0.4) is 0 Å². The minimum absolute atomic E-state index is 0.197. The number of hydrogen-bond acceptors (Lipinski definition) is 4. The van der Waals surface area contributed by atoms with Crippen molar-refractivity contribution in [3.63, 3.8) is 0 Å². The molecule has 0 saturated carbocycles. The summed E-state index contributed by atoms with van der Waals surface area (Å²) in [4.78, 5) is 34.8. The van der Waals surface area contributed by atoms with Gasteiger partial charge in [0.05, 0.1) is 13.7 Å². The lowest BCUT2D eigenvalue weighted by Gasteiger charge is -2.16. The highest BCUT2D eigenvalue weighted by atomic mass is 16.5. The van der Waals surface area contributed by atoms with Gasteiger partial charge in [-0.15, -0.1) is 0 Å². The molecule has 0 saturated heterocycles. The third kappa shape index (κ3) is 7.89. The maximum absolute atomic E-state index is 12.0. The second-order valence-electron chi connectivity index (χ2n) is 6.39. The number of ether oxygens (including phenoxy) is 1. The molecule has 0 heterocycles. The van der Waals surface area contributed by atoms with Crippen LogP contribution in [-0.2, 0) is 25.5 Å². The molecule has 1 aliphatic carbocycles. The van der Waals surface area contributed by atoms with E-state index in [1.807, 2.05) is 42.5 Å². The molecule has 1 aromatic carbocycles. The first-order valence-electron chi connectivity index (χ1n) is 9.24. The van der Waals surface area contributed by atoms with E-state index >= 15 is 0 Å². The zero-order chi connectivity index (χ0) is 21.1. The first-order chi connectivity index (χ1) is 14.0. The van der Waals surface area contributed by atoms with Gasteiger partial charge < -0.3 is 15.4 Å². The lowest BCUT2D eigenvalue weighted by molar-refractivity contribution is -0.144. The summed E-state index contributed by atoms with van der Waals surface area (Å²) in [6.07, 6.45) is 11.2. The average molecular weight is 392 g/mol. The van der Waals surface area contributed by atoms with Crippen molar-refractivity contribution >= 4 is 17.8 Å². The van der Waals surface area contributed by atoms with Gasteiger partial charge >= 0.3 is 5.97 Å². The predicted octanol–water partition coefficient (Wildman–Crippen LogP) is 1.82. The number of allylic oxidation sites excluding steroid dienone is 6. The Balaban J connectivity index is 2.01. The van der Waals surface area contributed by atoms with Gasteiger partial charge in [-0.05, 0) is 30.2 Å². The summed E-state index contributed by atoms with van der Waals surface area (Å²) < 4.78 is 4.77. The van der Waals surface area contributed by atoms with Gasteiger partial charge in [0, 0.05) is 24.5 Å². The van der Waals surface area contributed by atoms with E-state index in [0.29, 0.717) is 0 Å². The van der Waals surface area contributed by atoms with Crippen molar-refractivity contribution in [2.75, 3.05) is 13.7 Å². The summed E-state index contributed by atoms with van der Waals surface area (Å²) in [5, 5.41) is 4.98. The fourth-order valence-electron chi connectivity index (χ4n) is 2.56. The summed E-state index contributed by atoms with van der Waals surface area (Å²) in [5.41, 5.74) is 2.67. The lowest BCUT2D eigenvalue weighted by atomic mass is 10.0. The standard InChI is InChI=1S/C23H24N2O4/c1-17(26)24-16-22(27)25-21(23(28)29-2)15-20-13-11-19(12-14-20)10-9-18-7-5-3-4-6-8-18/h3-5,7-8,11-14,21H,6,15-16H2,1-2H3,(H,24,26)(H,25,27). The first kappa shape index (κ1) is 21.7. The quantitative estimate of drug-likeness (QED) is 0.571. The van der Waals surface area contributed by atoms with Crippen LogP contribution in [0.1, 0.15) is 24.5 Å². The molecule has 29 heavy (non-hydrogen) atoms. The van der Waals surface area contributed by atoms with Crippen LogP contribution in [0.4, 0.5) is 0 Å². The molecular weight excluding hydrogens is 368 g/mol. The Morgan fingerprint density at radius 1 is 1.14 bits per heavy atom. The molecule has 0 spiro atoms. The van der Waals surface area contributed by atoms with Crippen LogP contribution in [0.2, 0.25) is 0 Å². The van der Waals surface area contributed by atoms with Crippen LogP contribution >= 0.6 is 0 Å². The molecule has 0 fully saturated rings. The van der Waals surface area contributed by atoms with Crippen LogP contribution in [0.25, 0.3) is 0 Å². The number of carbonyl (C=O) groups is 3. The molecule has 2 amide bonds. The molecule has 1 atom stereocenters. The summed E-state index contributed by atoms with van der Waals surface area (Å²) in [7, 11) is 1.26. The van der Waals surface area contributed by atoms with Gasteiger partial charge in [-0.25, -0.2) is 4.79 Å². The zero-order valence-corrected chi connectivity index (χ0v) is 16.5. The second kappa shape index (κ2) is 11.3. The maximum Gasteiger partial charge on any atom is 0.328 e. The molecule has 1 unspecified atom stereocenters. The van der Waals surface area contributed by atoms with E-state index in [1.165, 1.54) is 14.0 Å². The van der Waals surface area contributed by atoms with E-state index in [4.69, 9.17) is 4.74 Å². The van der Waals surface area contributed by atoms with Gasteiger partial charge in [-0.2, -0.15) is 0 Å². The average Bonchev–Trinajstić information content (AvgIpc) is 2.99. The molecule has 6 heteroatoms. The molecule has 2 rings (SSSR count). The van der Waals surface area contributed by atoms with Gasteiger partial charge in [-0.3, -0.25) is 9.59 Å². The summed E-state index contributed by atoms with van der Waals surface area (Å²) in [6, 6.07) is 6.62. The highest BCUT2D eigenvalue weighted by molar-refractivity contribution is 5.88. The molecule has 6 nitrogen and oxygen atoms in total. The number of nitrogens with one attached hydrogen (secondary N) is 2. The van der Waals surface area contributed by atoms with Crippen LogP contribution in [0, 0.1) is 11.8 Å². The van der Waals surface area contributed by atoms with Crippen LogP contribution in [0.5, 0.6) is 0 Å². The minimum atomic E-state index is -0.841. The van der Waals surface area contributed by atoms with Gasteiger partial charge in [0.2, 0.25) is 11.8 Å². The highest BCUT2D eigenvalue weighted by Crippen LogP contribution is 2.09. The number of hydrogen-bond donors (Lipinski definition) is 2. The van der Waals surface area contributed by atoms with Crippen molar-refractivity contribution in [3.8, 4) is 11.8 Å². The predicted molar refractivity (Wildman–Crippen MR) is 111 cm³/mol. The van der Waals surface area contributed by atoms with Crippen molar-refractivity contribution < 1.29 is 19.1 Å². The molecule has 2 N–H and O–H groups in total. The Morgan fingerprint density at radius 2 is 1.90 bits per heavy atom. The molecule has 0 aliphatic heterocycles. The summed E-state index contributed by atoms with van der Waals surface area (Å²) in [6.45, 7) is 1.12. The fourth-order valence-corrected chi connectivity index (χ4v) is 2.56. The third-order valence-electron chi connectivity index (χ3n) is 4.06. The van der Waals surface area contributed by atoms with Gasteiger partial charge in [-0.1, -0.05) is 48.3 Å². The number of rotatable bonds is 6. The largest absolute Gasteiger partial charge is 0.467 e. The summed E-state index contributed by atoms with van der Waals surface area (Å²) in [5.74, 6) is 4.92. The third-order valence-corrected chi connectivity index (χ3v) is 4.06. The van der Waals surface area contributed by atoms with Crippen molar-refractivity contribution in [3.05, 3.63) is 71.3 Å². The number of esters is 1. The SMILES string of the molecule is COC(=O)C(Cc1ccc(C#CC2=CCC=CC=C2)cc1)NC(=O)CNC(C)=O. The number of carbonyl (C=O) groups excluding carboxylic acids is 3. The number of amides is 2. The normalized spacial score (nSPS) is 13.2. The van der Waals surface area contributed by atoms with E-state index < -0.39 is 17.9 Å². The van der Waals surface area contributed by atoms with Crippen molar-refractivity contribution in [1.82, 2.24) is 10.6 Å². The molecule has 0 radical (unpaired) electrons. The van der Waals surface area contributed by atoms with Gasteiger partial charge in [0.15, 0.2) is 0 Å². The highest BCUT2D eigenvalue weighted by Gasteiger charge is 2.21. The molecular formula is C23H24N2O4. The van der Waals surface area contributed by atoms with E-state index in [9.17, 15) is 14.4 Å². The molecule has 1 aliphatic rings. The Kier molecular flexibility index (Phi) is 8.46. The Hall–Kier alpha value is -3.59. The Bertz CT molecular complexity index is 899. The second-order valence-corrected chi connectivity index (χ2v) is 6.39. The summed E-state index contributed by atoms with van der Waals surface area (Å²) >= 11 is 0. The molecule has 0 aromatic heterocycles. The van der Waals surface area contributed by atoms with Gasteiger partial charge in [0.25, 0.3) is 0 Å². The van der Waals surface area contributed by atoms with Crippen LogP contribution in [-0.4, -0.2) is 37.5 Å². The van der Waals surface area contributed by atoms with E-state index in [-0.39, 0.29) is 18.9 Å². The zero-order valence-electron chi connectivity index (χ0n) is 16.5. The maximum atomic E-state index is 12.0. The molecule has 0 bridgehead atoms. The Morgan fingerprint density at radius 3 is 2.59 bits per heavy atom. The van der Waals surface area contributed by atoms with Crippen LogP contribution in [0.15, 0.2) is 60.2 Å². The number of methoxy groups -OCH3 is 1. The first-order valence-corrected chi connectivity index (χ1v) is 9.24.